The van der Waals surface area contributed by atoms with Gasteiger partial charge in [0.15, 0.2) is 6.61 Å². The summed E-state index contributed by atoms with van der Waals surface area (Å²) in [6.07, 6.45) is 0.168. The topological polar surface area (TPSA) is 87.7 Å². The molecule has 0 radical (unpaired) electrons. The Bertz CT molecular complexity index is 1280. The summed E-state index contributed by atoms with van der Waals surface area (Å²) >= 11 is 6.09. The molecule has 3 aromatic rings. The lowest BCUT2D eigenvalue weighted by Crippen LogP contribution is -2.32. The molecule has 1 atom stereocenters. The van der Waals surface area contributed by atoms with Crippen molar-refractivity contribution < 1.29 is 19.1 Å². The van der Waals surface area contributed by atoms with Crippen molar-refractivity contribution in [2.24, 2.45) is 5.92 Å². The summed E-state index contributed by atoms with van der Waals surface area (Å²) in [5.74, 6) is -0.448. The number of anilines is 2. The van der Waals surface area contributed by atoms with Crippen LogP contribution in [0.3, 0.4) is 0 Å². The smallest absolute Gasteiger partial charge is 0.262 e. The fourth-order valence-corrected chi connectivity index (χ4v) is 4.24. The number of carbonyl (C=O) groups is 3. The zero-order valence-electron chi connectivity index (χ0n) is 20.2. The number of hydrogen-bond donors (Lipinski definition) is 2. The average Bonchev–Trinajstić information content (AvgIpc) is 3.27. The van der Waals surface area contributed by atoms with E-state index in [1.807, 2.05) is 38.1 Å². The molecule has 3 aromatic carbocycles. The van der Waals surface area contributed by atoms with E-state index < -0.39 is 5.92 Å². The van der Waals surface area contributed by atoms with Gasteiger partial charge in [0.1, 0.15) is 5.75 Å². The Morgan fingerprint density at radius 3 is 2.53 bits per heavy atom. The van der Waals surface area contributed by atoms with E-state index in [0.29, 0.717) is 35.2 Å². The highest BCUT2D eigenvalue weighted by molar-refractivity contribution is 6.31. The summed E-state index contributed by atoms with van der Waals surface area (Å²) in [5, 5.41) is 6.31. The fraction of sp³-hybridized carbons (Fsp3) is 0.250. The van der Waals surface area contributed by atoms with E-state index in [1.54, 1.807) is 47.4 Å². The van der Waals surface area contributed by atoms with Crippen LogP contribution in [0.25, 0.3) is 0 Å². The van der Waals surface area contributed by atoms with E-state index >= 15 is 0 Å². The van der Waals surface area contributed by atoms with Gasteiger partial charge < -0.3 is 20.3 Å². The van der Waals surface area contributed by atoms with Crippen molar-refractivity contribution in [3.05, 3.63) is 88.4 Å². The quantitative estimate of drug-likeness (QED) is 0.466. The predicted molar refractivity (Wildman–Crippen MR) is 140 cm³/mol. The first-order valence-electron chi connectivity index (χ1n) is 11.7. The van der Waals surface area contributed by atoms with E-state index in [-0.39, 0.29) is 30.7 Å². The van der Waals surface area contributed by atoms with E-state index in [2.05, 4.69) is 10.6 Å². The van der Waals surface area contributed by atoms with E-state index in [0.717, 1.165) is 16.7 Å². The molecule has 3 amide bonds. The first-order chi connectivity index (χ1) is 17.3. The molecule has 0 spiro atoms. The molecule has 0 saturated carbocycles. The average molecular weight is 506 g/mol. The van der Waals surface area contributed by atoms with Crippen LogP contribution in [0.2, 0.25) is 5.02 Å². The Morgan fingerprint density at radius 1 is 1.03 bits per heavy atom. The lowest BCUT2D eigenvalue weighted by atomic mass is 10.1. The Balaban J connectivity index is 1.28. The van der Waals surface area contributed by atoms with E-state index in [9.17, 15) is 14.4 Å². The molecule has 0 bridgehead atoms. The first kappa shape index (κ1) is 25.3. The van der Waals surface area contributed by atoms with E-state index in [4.69, 9.17) is 16.3 Å². The number of carbonyl (C=O) groups excluding carboxylic acids is 3. The van der Waals surface area contributed by atoms with Crippen molar-refractivity contribution in [3.8, 4) is 5.75 Å². The van der Waals surface area contributed by atoms with Crippen LogP contribution in [0.5, 0.6) is 5.75 Å². The second kappa shape index (κ2) is 11.3. The largest absolute Gasteiger partial charge is 0.484 e. The third-order valence-electron chi connectivity index (χ3n) is 6.27. The van der Waals surface area contributed by atoms with Gasteiger partial charge in [-0.05, 0) is 66.9 Å². The van der Waals surface area contributed by atoms with Crippen LogP contribution < -0.4 is 20.3 Å². The monoisotopic (exact) mass is 505 g/mol. The van der Waals surface area contributed by atoms with Crippen LogP contribution in [0.4, 0.5) is 11.4 Å². The molecule has 1 aliphatic rings. The number of nitrogens with zero attached hydrogens (tertiary/aromatic N) is 1. The number of halogens is 1. The van der Waals surface area contributed by atoms with Gasteiger partial charge in [0.2, 0.25) is 11.8 Å². The van der Waals surface area contributed by atoms with Crippen LogP contribution in [-0.2, 0) is 20.9 Å². The molecule has 8 heteroatoms. The summed E-state index contributed by atoms with van der Waals surface area (Å²) < 4.78 is 5.58. The molecule has 186 valence electrons. The van der Waals surface area contributed by atoms with Gasteiger partial charge in [0, 0.05) is 35.9 Å². The number of hydrogen-bond acceptors (Lipinski definition) is 4. The molecule has 0 aromatic heterocycles. The molecular formula is C28H28ClN3O4. The molecule has 2 N–H and O–H groups in total. The SMILES string of the molecule is Cc1ccccc1CNC(=O)[C@@H]1CC(=O)N(c2ccc(OCC(=O)Nc3cccc(Cl)c3C)cc2)C1. The summed E-state index contributed by atoms with van der Waals surface area (Å²) in [5.41, 5.74) is 4.27. The van der Waals surface area contributed by atoms with Crippen molar-refractivity contribution >= 4 is 40.7 Å². The Labute approximate surface area is 215 Å². The fourth-order valence-electron chi connectivity index (χ4n) is 4.07. The molecular weight excluding hydrogens is 478 g/mol. The summed E-state index contributed by atoms with van der Waals surface area (Å²) in [7, 11) is 0. The molecule has 0 unspecified atom stereocenters. The lowest BCUT2D eigenvalue weighted by molar-refractivity contribution is -0.126. The third-order valence-corrected chi connectivity index (χ3v) is 6.68. The van der Waals surface area contributed by atoms with Gasteiger partial charge in [-0.15, -0.1) is 0 Å². The van der Waals surface area contributed by atoms with Crippen LogP contribution in [0.1, 0.15) is 23.1 Å². The van der Waals surface area contributed by atoms with Crippen molar-refractivity contribution in [1.29, 1.82) is 0 Å². The highest BCUT2D eigenvalue weighted by atomic mass is 35.5. The van der Waals surface area contributed by atoms with Crippen molar-refractivity contribution in [3.63, 3.8) is 0 Å². The summed E-state index contributed by atoms with van der Waals surface area (Å²) in [4.78, 5) is 39.1. The van der Waals surface area contributed by atoms with Gasteiger partial charge in [0.05, 0.1) is 5.92 Å². The lowest BCUT2D eigenvalue weighted by Gasteiger charge is -2.17. The number of rotatable bonds is 8. The molecule has 1 fully saturated rings. The minimum atomic E-state index is -0.406. The maximum Gasteiger partial charge on any atom is 0.262 e. The Kier molecular flexibility index (Phi) is 7.90. The van der Waals surface area contributed by atoms with Gasteiger partial charge in [-0.25, -0.2) is 0 Å². The van der Waals surface area contributed by atoms with Crippen molar-refractivity contribution in [2.75, 3.05) is 23.4 Å². The van der Waals surface area contributed by atoms with Crippen LogP contribution in [0.15, 0.2) is 66.7 Å². The normalized spacial score (nSPS) is 15.0. The molecule has 0 aliphatic carbocycles. The zero-order valence-corrected chi connectivity index (χ0v) is 21.0. The second-order valence-corrected chi connectivity index (χ2v) is 9.20. The maximum atomic E-state index is 12.7. The van der Waals surface area contributed by atoms with Gasteiger partial charge in [-0.2, -0.15) is 0 Å². The highest BCUT2D eigenvalue weighted by Gasteiger charge is 2.35. The molecule has 36 heavy (non-hydrogen) atoms. The molecule has 1 heterocycles. The van der Waals surface area contributed by atoms with E-state index in [1.165, 1.54) is 0 Å². The van der Waals surface area contributed by atoms with Crippen LogP contribution in [0, 0.1) is 19.8 Å². The number of nitrogens with one attached hydrogen (secondary N) is 2. The Morgan fingerprint density at radius 2 is 1.78 bits per heavy atom. The third kappa shape index (κ3) is 6.04. The van der Waals surface area contributed by atoms with Crippen LogP contribution in [-0.4, -0.2) is 30.9 Å². The van der Waals surface area contributed by atoms with Crippen molar-refractivity contribution in [1.82, 2.24) is 5.32 Å². The number of aryl methyl sites for hydroxylation is 1. The zero-order chi connectivity index (χ0) is 25.7. The standard InChI is InChI=1S/C28H28ClN3O4/c1-18-6-3-4-7-20(18)15-30-28(35)21-14-27(34)32(16-21)22-10-12-23(13-11-22)36-17-26(33)31-25-9-5-8-24(29)19(25)2/h3-13,21H,14-17H2,1-2H3,(H,30,35)(H,31,33)/t21-/m1/s1. The Hall–Kier alpha value is -3.84. The molecule has 7 nitrogen and oxygen atoms in total. The second-order valence-electron chi connectivity index (χ2n) is 8.79. The van der Waals surface area contributed by atoms with Gasteiger partial charge in [-0.1, -0.05) is 41.9 Å². The number of benzene rings is 3. The summed E-state index contributed by atoms with van der Waals surface area (Å²) in [6.45, 7) is 4.42. The molecule has 1 aliphatic heterocycles. The number of amides is 3. The number of ether oxygens (including phenoxy) is 1. The van der Waals surface area contributed by atoms with Crippen LogP contribution >= 0.6 is 11.6 Å². The van der Waals surface area contributed by atoms with Gasteiger partial charge in [0.25, 0.3) is 5.91 Å². The van der Waals surface area contributed by atoms with Gasteiger partial charge in [-0.3, -0.25) is 14.4 Å². The minimum absolute atomic E-state index is 0.101. The molecule has 4 rings (SSSR count). The molecule has 1 saturated heterocycles. The van der Waals surface area contributed by atoms with Crippen molar-refractivity contribution in [2.45, 2.75) is 26.8 Å². The summed E-state index contributed by atoms with van der Waals surface area (Å²) in [6, 6.07) is 20.1. The first-order valence-corrected chi connectivity index (χ1v) is 12.1. The van der Waals surface area contributed by atoms with Gasteiger partial charge >= 0.3 is 0 Å². The predicted octanol–water partition coefficient (Wildman–Crippen LogP) is 4.64. The maximum absolute atomic E-state index is 12.7. The minimum Gasteiger partial charge on any atom is -0.484 e. The highest BCUT2D eigenvalue weighted by Crippen LogP contribution is 2.27.